The molecular formula is C26H29N9O2. The largest absolute Gasteiger partial charge is 0.456 e. The summed E-state index contributed by atoms with van der Waals surface area (Å²) in [4.78, 5) is 28.9. The van der Waals surface area contributed by atoms with Gasteiger partial charge in [-0.05, 0) is 38.7 Å². The Bertz CT molecular complexity index is 1390. The van der Waals surface area contributed by atoms with E-state index in [9.17, 15) is 4.79 Å². The zero-order valence-corrected chi connectivity index (χ0v) is 20.8. The number of anilines is 3. The Morgan fingerprint density at radius 2 is 2.16 bits per heavy atom. The first-order chi connectivity index (χ1) is 18.0. The fraction of sp³-hybridized carbons (Fsp3) is 0.269. The van der Waals surface area contributed by atoms with Crippen molar-refractivity contribution in [2.45, 2.75) is 12.5 Å². The number of likely N-dealkylation sites (tertiary alicyclic amines) is 1. The van der Waals surface area contributed by atoms with Gasteiger partial charge in [0, 0.05) is 62.0 Å². The number of likely N-dealkylation sites (N-methyl/N-ethyl adjacent to an activating group) is 1. The van der Waals surface area contributed by atoms with E-state index < -0.39 is 0 Å². The van der Waals surface area contributed by atoms with Crippen LogP contribution in [0.1, 0.15) is 6.42 Å². The average molecular weight is 500 g/mol. The summed E-state index contributed by atoms with van der Waals surface area (Å²) in [6, 6.07) is 11.3. The number of hydrogen-bond acceptors (Lipinski definition) is 9. The van der Waals surface area contributed by atoms with Gasteiger partial charge in [0.15, 0.2) is 11.5 Å². The molecule has 3 aromatic heterocycles. The summed E-state index contributed by atoms with van der Waals surface area (Å²) < 4.78 is 6.27. The van der Waals surface area contributed by atoms with Crippen molar-refractivity contribution in [3.8, 4) is 11.5 Å². The van der Waals surface area contributed by atoms with Crippen LogP contribution < -0.4 is 15.4 Å². The molecule has 0 spiro atoms. The third-order valence-corrected chi connectivity index (χ3v) is 5.91. The van der Waals surface area contributed by atoms with E-state index in [1.54, 1.807) is 24.5 Å². The summed E-state index contributed by atoms with van der Waals surface area (Å²) in [5, 5.41) is 14.9. The number of fused-ring (bicyclic) bond motifs is 1. The van der Waals surface area contributed by atoms with Gasteiger partial charge in [0.25, 0.3) is 0 Å². The normalized spacial score (nSPS) is 15.5. The molecule has 4 heterocycles. The van der Waals surface area contributed by atoms with Gasteiger partial charge in [-0.15, -0.1) is 0 Å². The Kier molecular flexibility index (Phi) is 7.22. The maximum Gasteiger partial charge on any atom is 0.246 e. The zero-order valence-electron chi connectivity index (χ0n) is 20.8. The molecule has 0 aliphatic carbocycles. The van der Waals surface area contributed by atoms with E-state index in [2.05, 4.69) is 35.8 Å². The number of aromatic nitrogens is 5. The average Bonchev–Trinajstić information content (AvgIpc) is 3.53. The fourth-order valence-corrected chi connectivity index (χ4v) is 4.13. The second-order valence-electron chi connectivity index (χ2n) is 9.03. The second-order valence-corrected chi connectivity index (χ2v) is 9.03. The quantitative estimate of drug-likeness (QED) is 0.297. The first kappa shape index (κ1) is 24.2. The van der Waals surface area contributed by atoms with Gasteiger partial charge in [0.2, 0.25) is 5.91 Å². The lowest BCUT2D eigenvalue weighted by Crippen LogP contribution is -2.30. The number of carbonyl (C=O) groups is 1. The summed E-state index contributed by atoms with van der Waals surface area (Å²) in [5.41, 5.74) is 1.45. The van der Waals surface area contributed by atoms with Crippen molar-refractivity contribution in [1.29, 1.82) is 0 Å². The minimum Gasteiger partial charge on any atom is -0.456 e. The number of ether oxygens (including phenoxy) is 1. The maximum atomic E-state index is 12.5. The van der Waals surface area contributed by atoms with Crippen molar-refractivity contribution in [2.24, 2.45) is 0 Å². The number of pyridine rings is 1. The van der Waals surface area contributed by atoms with E-state index in [4.69, 9.17) is 4.74 Å². The van der Waals surface area contributed by atoms with E-state index in [1.807, 2.05) is 60.3 Å². The molecule has 1 aromatic carbocycles. The standard InChI is InChI=1S/C26H29N9O2/c1-34(2)13-4-7-23(36)35-14-10-19(16-35)31-26-24-21(8-12-28-25(24)32-33-26)37-20-6-3-5-18(15-20)30-22-9-11-27-17-29-22/h3-9,11-12,15,17,19H,10,13-14,16H2,1-2H3,(H,27,29,30)(H2,28,31,32,33)/b7-4+. The van der Waals surface area contributed by atoms with Crippen molar-refractivity contribution in [2.75, 3.05) is 44.4 Å². The Balaban J connectivity index is 1.29. The smallest absolute Gasteiger partial charge is 0.246 e. The SMILES string of the molecule is CN(C)C/C=C/C(=O)N1CCC(Nc2n[nH]c3nccc(Oc4cccc(Nc5ccncn5)c4)c23)C1. The van der Waals surface area contributed by atoms with Crippen molar-refractivity contribution >= 4 is 34.3 Å². The lowest BCUT2D eigenvalue weighted by atomic mass is 10.2. The summed E-state index contributed by atoms with van der Waals surface area (Å²) in [6.07, 6.45) is 9.21. The van der Waals surface area contributed by atoms with Crippen LogP contribution in [0, 0.1) is 0 Å². The number of nitrogens with one attached hydrogen (secondary N) is 3. The van der Waals surface area contributed by atoms with Crippen LogP contribution in [-0.2, 0) is 4.79 Å². The molecule has 1 aliphatic heterocycles. The highest BCUT2D eigenvalue weighted by Gasteiger charge is 2.26. The molecule has 1 fully saturated rings. The molecule has 11 nitrogen and oxygen atoms in total. The minimum absolute atomic E-state index is 0.0270. The van der Waals surface area contributed by atoms with Gasteiger partial charge < -0.3 is 25.2 Å². The Labute approximate surface area is 214 Å². The molecule has 1 amide bonds. The molecule has 11 heteroatoms. The van der Waals surface area contributed by atoms with Crippen molar-refractivity contribution in [3.05, 3.63) is 67.3 Å². The number of hydrogen-bond donors (Lipinski definition) is 3. The van der Waals surface area contributed by atoms with E-state index in [-0.39, 0.29) is 11.9 Å². The summed E-state index contributed by atoms with van der Waals surface area (Å²) in [6.45, 7) is 2.03. The Hall–Kier alpha value is -4.51. The lowest BCUT2D eigenvalue weighted by Gasteiger charge is -2.16. The van der Waals surface area contributed by atoms with Gasteiger partial charge in [0.05, 0.1) is 0 Å². The number of benzene rings is 1. The number of nitrogens with zero attached hydrogens (tertiary/aromatic N) is 6. The predicted molar refractivity (Wildman–Crippen MR) is 142 cm³/mol. The molecule has 5 rings (SSSR count). The molecule has 4 aromatic rings. The van der Waals surface area contributed by atoms with Crippen LogP contribution >= 0.6 is 0 Å². The highest BCUT2D eigenvalue weighted by atomic mass is 16.5. The molecule has 190 valence electrons. The van der Waals surface area contributed by atoms with Gasteiger partial charge in [-0.3, -0.25) is 9.89 Å². The molecule has 0 radical (unpaired) electrons. The minimum atomic E-state index is 0.0270. The van der Waals surface area contributed by atoms with Crippen LogP contribution in [0.3, 0.4) is 0 Å². The first-order valence-corrected chi connectivity index (χ1v) is 12.1. The predicted octanol–water partition coefficient (Wildman–Crippen LogP) is 3.41. The highest BCUT2D eigenvalue weighted by Crippen LogP contribution is 2.34. The summed E-state index contributed by atoms with van der Waals surface area (Å²) >= 11 is 0. The monoisotopic (exact) mass is 499 g/mol. The van der Waals surface area contributed by atoms with Crippen LogP contribution in [0.25, 0.3) is 11.0 Å². The maximum absolute atomic E-state index is 12.5. The van der Waals surface area contributed by atoms with Crippen LogP contribution in [0.15, 0.2) is 67.3 Å². The molecule has 1 saturated heterocycles. The zero-order chi connectivity index (χ0) is 25.6. The van der Waals surface area contributed by atoms with E-state index in [0.717, 1.165) is 24.0 Å². The fourth-order valence-electron chi connectivity index (χ4n) is 4.13. The Morgan fingerprint density at radius 1 is 1.24 bits per heavy atom. The Morgan fingerprint density at radius 3 is 3.00 bits per heavy atom. The van der Waals surface area contributed by atoms with Crippen molar-refractivity contribution < 1.29 is 9.53 Å². The molecule has 0 bridgehead atoms. The topological polar surface area (TPSA) is 124 Å². The number of H-pyrrole nitrogens is 1. The number of aromatic amines is 1. The van der Waals surface area contributed by atoms with Crippen molar-refractivity contribution in [1.82, 2.24) is 34.9 Å². The van der Waals surface area contributed by atoms with Gasteiger partial charge in [-0.2, -0.15) is 5.10 Å². The third kappa shape index (κ3) is 6.01. The molecule has 3 N–H and O–H groups in total. The number of amides is 1. The lowest BCUT2D eigenvalue weighted by molar-refractivity contribution is -0.125. The van der Waals surface area contributed by atoms with Crippen molar-refractivity contribution in [3.63, 3.8) is 0 Å². The molecule has 1 atom stereocenters. The van der Waals surface area contributed by atoms with E-state index in [1.165, 1.54) is 6.33 Å². The van der Waals surface area contributed by atoms with Gasteiger partial charge >= 0.3 is 0 Å². The summed E-state index contributed by atoms with van der Waals surface area (Å²) in [7, 11) is 3.94. The van der Waals surface area contributed by atoms with Crippen LogP contribution in [-0.4, -0.2) is 80.6 Å². The third-order valence-electron chi connectivity index (χ3n) is 5.91. The van der Waals surface area contributed by atoms with Crippen LogP contribution in [0.5, 0.6) is 11.5 Å². The van der Waals surface area contributed by atoms with Crippen LogP contribution in [0.4, 0.5) is 17.3 Å². The highest BCUT2D eigenvalue weighted by molar-refractivity contribution is 5.93. The number of rotatable bonds is 9. The molecule has 1 unspecified atom stereocenters. The molecular weight excluding hydrogens is 470 g/mol. The van der Waals surface area contributed by atoms with E-state index >= 15 is 0 Å². The van der Waals surface area contributed by atoms with Gasteiger partial charge in [-0.1, -0.05) is 12.1 Å². The number of carbonyl (C=O) groups excluding carboxylic acids is 1. The second kappa shape index (κ2) is 11.0. The molecule has 37 heavy (non-hydrogen) atoms. The molecule has 1 aliphatic rings. The first-order valence-electron chi connectivity index (χ1n) is 12.1. The van der Waals surface area contributed by atoms with E-state index in [0.29, 0.717) is 41.9 Å². The van der Waals surface area contributed by atoms with Gasteiger partial charge in [-0.25, -0.2) is 15.0 Å². The molecule has 0 saturated carbocycles. The summed E-state index contributed by atoms with van der Waals surface area (Å²) in [5.74, 6) is 2.64. The van der Waals surface area contributed by atoms with Crippen LogP contribution in [0.2, 0.25) is 0 Å². The van der Waals surface area contributed by atoms with Gasteiger partial charge in [0.1, 0.15) is 29.0 Å².